The van der Waals surface area contributed by atoms with Gasteiger partial charge >= 0.3 is 0 Å². The van der Waals surface area contributed by atoms with Crippen molar-refractivity contribution in [2.45, 2.75) is 45.7 Å². The molecule has 0 saturated carbocycles. The van der Waals surface area contributed by atoms with Crippen LogP contribution in [-0.2, 0) is 0 Å². The van der Waals surface area contributed by atoms with Crippen molar-refractivity contribution in [3.8, 4) is 0 Å². The van der Waals surface area contributed by atoms with Gasteiger partial charge in [0.1, 0.15) is 0 Å². The summed E-state index contributed by atoms with van der Waals surface area (Å²) in [6.07, 6.45) is 0. The quantitative estimate of drug-likeness (QED) is 0.904. The second-order valence-corrected chi connectivity index (χ2v) is 6.47. The van der Waals surface area contributed by atoms with Crippen LogP contribution >= 0.6 is 0 Å². The molecule has 0 aromatic heterocycles. The van der Waals surface area contributed by atoms with Gasteiger partial charge in [-0.1, -0.05) is 45.9 Å². The first-order valence-corrected chi connectivity index (χ1v) is 8.31. The molecule has 0 saturated heterocycles. The van der Waals surface area contributed by atoms with Crippen molar-refractivity contribution in [3.63, 3.8) is 0 Å². The average Bonchev–Trinajstić information content (AvgIpc) is 2.48. The molecule has 0 aliphatic carbocycles. The summed E-state index contributed by atoms with van der Waals surface area (Å²) in [6, 6.07) is 7.89. The molecule has 3 heteroatoms. The van der Waals surface area contributed by atoms with E-state index in [-0.39, 0.29) is 0 Å². The highest BCUT2D eigenvalue weighted by atomic mass is 15.2. The highest BCUT2D eigenvalue weighted by Gasteiger charge is 2.32. The maximum absolute atomic E-state index is 6.07. The van der Waals surface area contributed by atoms with Gasteiger partial charge in [-0.2, -0.15) is 0 Å². The number of hydrogen-bond donors (Lipinski definition) is 1. The second kappa shape index (κ2) is 6.91. The van der Waals surface area contributed by atoms with Crippen LogP contribution in [0.3, 0.4) is 0 Å². The van der Waals surface area contributed by atoms with Gasteiger partial charge in [-0.25, -0.2) is 0 Å². The van der Waals surface area contributed by atoms with E-state index < -0.39 is 0 Å². The van der Waals surface area contributed by atoms with Gasteiger partial charge in [0.15, 0.2) is 0 Å². The average molecular weight is 289 g/mol. The summed E-state index contributed by atoms with van der Waals surface area (Å²) >= 11 is 0. The lowest BCUT2D eigenvalue weighted by molar-refractivity contribution is 0.120. The number of rotatable bonds is 5. The molecule has 3 nitrogen and oxygen atoms in total. The lowest BCUT2D eigenvalue weighted by atomic mass is 9.86. The molecule has 21 heavy (non-hydrogen) atoms. The van der Waals surface area contributed by atoms with Gasteiger partial charge in [0.05, 0.1) is 0 Å². The minimum atomic E-state index is 0.352. The molecule has 1 aromatic carbocycles. The van der Waals surface area contributed by atoms with Gasteiger partial charge in [-0.3, -0.25) is 9.80 Å². The Balaban J connectivity index is 2.49. The number of likely N-dealkylation sites (N-methyl/N-ethyl adjacent to an activating group) is 2. The Hall–Kier alpha value is -0.900. The molecule has 0 spiro atoms. The van der Waals surface area contributed by atoms with E-state index in [2.05, 4.69) is 62.7 Å². The Morgan fingerprint density at radius 2 is 1.90 bits per heavy atom. The molecule has 0 amide bonds. The first-order chi connectivity index (χ1) is 10.0. The van der Waals surface area contributed by atoms with Crippen molar-refractivity contribution < 1.29 is 0 Å². The van der Waals surface area contributed by atoms with Crippen molar-refractivity contribution in [3.05, 3.63) is 34.9 Å². The second-order valence-electron chi connectivity index (χ2n) is 6.47. The molecule has 2 N–H and O–H groups in total. The zero-order chi connectivity index (χ0) is 15.6. The van der Waals surface area contributed by atoms with Crippen molar-refractivity contribution in [1.82, 2.24) is 9.80 Å². The summed E-state index contributed by atoms with van der Waals surface area (Å²) in [5.74, 6) is 0.563. The fraction of sp³-hybridized carbons (Fsp3) is 0.667. The topological polar surface area (TPSA) is 32.5 Å². The zero-order valence-corrected chi connectivity index (χ0v) is 14.3. The van der Waals surface area contributed by atoms with E-state index >= 15 is 0 Å². The largest absolute Gasteiger partial charge is 0.329 e. The number of nitrogens with zero attached hydrogens (tertiary/aromatic N) is 2. The number of nitrogens with two attached hydrogens (primary N) is 1. The minimum Gasteiger partial charge on any atom is -0.329 e. The Bertz CT molecular complexity index is 466. The fourth-order valence-electron chi connectivity index (χ4n) is 3.56. The molecule has 0 bridgehead atoms. The predicted octanol–water partition coefficient (Wildman–Crippen LogP) is 3.14. The first-order valence-electron chi connectivity index (χ1n) is 8.31. The van der Waals surface area contributed by atoms with Gasteiger partial charge in [-0.05, 0) is 42.7 Å². The van der Waals surface area contributed by atoms with Gasteiger partial charge in [-0.15, -0.1) is 0 Å². The Labute approximate surface area is 130 Å². The van der Waals surface area contributed by atoms with E-state index in [1.807, 2.05) is 0 Å². The molecule has 2 atom stereocenters. The van der Waals surface area contributed by atoms with Crippen LogP contribution in [0, 0.1) is 0 Å². The summed E-state index contributed by atoms with van der Waals surface area (Å²) in [7, 11) is 2.21. The third kappa shape index (κ3) is 3.15. The Kier molecular flexibility index (Phi) is 5.42. The highest BCUT2D eigenvalue weighted by molar-refractivity contribution is 5.40. The molecule has 1 aromatic rings. The summed E-state index contributed by atoms with van der Waals surface area (Å²) in [5.41, 5.74) is 10.4. The summed E-state index contributed by atoms with van der Waals surface area (Å²) in [4.78, 5) is 4.98. The predicted molar refractivity (Wildman–Crippen MR) is 90.6 cm³/mol. The van der Waals surface area contributed by atoms with Crippen molar-refractivity contribution in [2.75, 3.05) is 33.2 Å². The molecule has 2 unspecified atom stereocenters. The van der Waals surface area contributed by atoms with E-state index in [0.29, 0.717) is 24.5 Å². The third-order valence-electron chi connectivity index (χ3n) is 4.96. The summed E-state index contributed by atoms with van der Waals surface area (Å²) in [5, 5.41) is 0. The number of benzene rings is 1. The maximum atomic E-state index is 6.07. The smallest absolute Gasteiger partial charge is 0.0478 e. The number of hydrogen-bond acceptors (Lipinski definition) is 3. The monoisotopic (exact) mass is 289 g/mol. The van der Waals surface area contributed by atoms with Crippen LogP contribution in [0.1, 0.15) is 62.4 Å². The number of fused-ring (bicyclic) bond motifs is 1. The molecule has 1 heterocycles. The molecule has 2 rings (SSSR count). The molecule has 0 radical (unpaired) electrons. The standard InChI is InChI=1S/C18H31N3/c1-6-21(7-2)18-12-20(5)17(11-19)16-10-14(13(3)4)8-9-15(16)18/h8-10,13,17-18H,6-7,11-12,19H2,1-5H3. The highest BCUT2D eigenvalue weighted by Crippen LogP contribution is 2.37. The molecular weight excluding hydrogens is 258 g/mol. The normalized spacial score (nSPS) is 22.9. The van der Waals surface area contributed by atoms with Gasteiger partial charge in [0, 0.05) is 25.2 Å². The van der Waals surface area contributed by atoms with Crippen molar-refractivity contribution in [2.24, 2.45) is 5.73 Å². The maximum Gasteiger partial charge on any atom is 0.0478 e. The van der Waals surface area contributed by atoms with E-state index in [1.165, 1.54) is 16.7 Å². The van der Waals surface area contributed by atoms with Crippen LogP contribution in [0.2, 0.25) is 0 Å². The van der Waals surface area contributed by atoms with E-state index in [0.717, 1.165) is 19.6 Å². The van der Waals surface area contributed by atoms with Gasteiger partial charge in [0.2, 0.25) is 0 Å². The van der Waals surface area contributed by atoms with E-state index in [4.69, 9.17) is 5.73 Å². The molecule has 118 valence electrons. The Morgan fingerprint density at radius 1 is 1.24 bits per heavy atom. The Morgan fingerprint density at radius 3 is 2.43 bits per heavy atom. The summed E-state index contributed by atoms with van der Waals surface area (Å²) in [6.45, 7) is 13.0. The van der Waals surface area contributed by atoms with Crippen LogP contribution in [0.5, 0.6) is 0 Å². The fourth-order valence-corrected chi connectivity index (χ4v) is 3.56. The minimum absolute atomic E-state index is 0.352. The molecule has 1 aliphatic heterocycles. The van der Waals surface area contributed by atoms with Crippen molar-refractivity contribution >= 4 is 0 Å². The zero-order valence-electron chi connectivity index (χ0n) is 14.3. The lowest BCUT2D eigenvalue weighted by Gasteiger charge is -2.43. The van der Waals surface area contributed by atoms with E-state index in [1.54, 1.807) is 0 Å². The van der Waals surface area contributed by atoms with Crippen LogP contribution < -0.4 is 5.73 Å². The van der Waals surface area contributed by atoms with Gasteiger partial charge < -0.3 is 5.73 Å². The molecule has 0 fully saturated rings. The third-order valence-corrected chi connectivity index (χ3v) is 4.96. The summed E-state index contributed by atoms with van der Waals surface area (Å²) < 4.78 is 0. The van der Waals surface area contributed by atoms with Crippen LogP contribution in [0.4, 0.5) is 0 Å². The SMILES string of the molecule is CCN(CC)C1CN(C)C(CN)c2cc(C(C)C)ccc21. The molecule has 1 aliphatic rings. The van der Waals surface area contributed by atoms with Gasteiger partial charge in [0.25, 0.3) is 0 Å². The van der Waals surface area contributed by atoms with E-state index in [9.17, 15) is 0 Å². The molecular formula is C18H31N3. The van der Waals surface area contributed by atoms with Crippen LogP contribution in [0.25, 0.3) is 0 Å². The first kappa shape index (κ1) is 16.5. The lowest BCUT2D eigenvalue weighted by Crippen LogP contribution is -2.44. The van der Waals surface area contributed by atoms with Crippen LogP contribution in [-0.4, -0.2) is 43.0 Å². The van der Waals surface area contributed by atoms with Crippen LogP contribution in [0.15, 0.2) is 18.2 Å². The van der Waals surface area contributed by atoms with Crippen molar-refractivity contribution in [1.29, 1.82) is 0 Å².